The Morgan fingerprint density at radius 2 is 1.93 bits per heavy atom. The first-order chi connectivity index (χ1) is 12.7. The molecule has 9 heteroatoms. The summed E-state index contributed by atoms with van der Waals surface area (Å²) in [6.45, 7) is 8.99. The van der Waals surface area contributed by atoms with E-state index in [0.717, 1.165) is 18.9 Å². The van der Waals surface area contributed by atoms with Gasteiger partial charge in [-0.05, 0) is 40.0 Å². The Kier molecular flexibility index (Phi) is 8.45. The maximum atomic E-state index is 11.2. The molecular weight excluding hydrogens is 348 g/mol. The molecule has 0 aliphatic carbocycles. The third-order valence-corrected chi connectivity index (χ3v) is 3.63. The predicted octanol–water partition coefficient (Wildman–Crippen LogP) is 1.72. The summed E-state index contributed by atoms with van der Waals surface area (Å²) in [5.74, 6) is 0.181. The van der Waals surface area contributed by atoms with E-state index in [1.54, 1.807) is 40.1 Å². The number of alkyl carbamates (subject to hydrolysis) is 1. The fourth-order valence-corrected chi connectivity index (χ4v) is 2.39. The van der Waals surface area contributed by atoms with Crippen LogP contribution >= 0.6 is 0 Å². The van der Waals surface area contributed by atoms with Crippen molar-refractivity contribution in [3.05, 3.63) is 18.1 Å². The maximum Gasteiger partial charge on any atom is 0.408 e. The average molecular weight is 376 g/mol. The second kappa shape index (κ2) is 10.3. The standard InChI is InChI=1S/C9H10N4.C9H18N2O3/c10-7-8-9(12-4-3-11-8)13-5-1-2-6-13;1-5-6(7(10)12)11-8(13)14-9(2,3)4/h3-4H,1-2,5-6H2;6H,5H2,1-4H3,(H2,10,12)(H,11,13)/t;6-/m.0/s1. The van der Waals surface area contributed by atoms with Crippen LogP contribution in [-0.4, -0.2) is 46.7 Å². The maximum absolute atomic E-state index is 11.2. The monoisotopic (exact) mass is 376 g/mol. The lowest BCUT2D eigenvalue weighted by Gasteiger charge is -2.21. The molecule has 0 radical (unpaired) electrons. The van der Waals surface area contributed by atoms with Gasteiger partial charge in [-0.15, -0.1) is 0 Å². The molecule has 1 aromatic rings. The summed E-state index contributed by atoms with van der Waals surface area (Å²) < 4.78 is 4.96. The molecule has 27 heavy (non-hydrogen) atoms. The van der Waals surface area contributed by atoms with Crippen molar-refractivity contribution in [2.45, 2.75) is 58.6 Å². The van der Waals surface area contributed by atoms with Crippen LogP contribution < -0.4 is 16.0 Å². The number of nitrogens with one attached hydrogen (secondary N) is 1. The number of hydrogen-bond acceptors (Lipinski definition) is 7. The van der Waals surface area contributed by atoms with Crippen molar-refractivity contribution >= 4 is 17.8 Å². The van der Waals surface area contributed by atoms with Gasteiger partial charge in [0.05, 0.1) is 0 Å². The first-order valence-electron chi connectivity index (χ1n) is 8.92. The van der Waals surface area contributed by atoms with E-state index in [1.807, 2.05) is 0 Å². The van der Waals surface area contributed by atoms with E-state index in [0.29, 0.717) is 12.1 Å². The zero-order valence-electron chi connectivity index (χ0n) is 16.4. The van der Waals surface area contributed by atoms with Crippen molar-refractivity contribution in [3.63, 3.8) is 0 Å². The van der Waals surface area contributed by atoms with Gasteiger partial charge < -0.3 is 20.7 Å². The van der Waals surface area contributed by atoms with E-state index < -0.39 is 23.6 Å². The van der Waals surface area contributed by atoms with Gasteiger partial charge in [0.1, 0.15) is 17.7 Å². The van der Waals surface area contributed by atoms with Gasteiger partial charge in [0, 0.05) is 25.5 Å². The fraction of sp³-hybridized carbons (Fsp3) is 0.611. The number of nitrogens with two attached hydrogens (primary N) is 1. The molecule has 0 aromatic carbocycles. The van der Waals surface area contributed by atoms with E-state index >= 15 is 0 Å². The van der Waals surface area contributed by atoms with E-state index in [-0.39, 0.29) is 0 Å². The Morgan fingerprint density at radius 1 is 1.33 bits per heavy atom. The van der Waals surface area contributed by atoms with Gasteiger partial charge in [-0.1, -0.05) is 6.92 Å². The molecule has 1 aliphatic rings. The highest BCUT2D eigenvalue weighted by atomic mass is 16.6. The molecular formula is C18H28N6O3. The largest absolute Gasteiger partial charge is 0.444 e. The molecule has 148 valence electrons. The third-order valence-electron chi connectivity index (χ3n) is 3.63. The molecule has 2 amide bonds. The minimum Gasteiger partial charge on any atom is -0.444 e. The second-order valence-corrected chi connectivity index (χ2v) is 7.04. The molecule has 0 saturated carbocycles. The molecule has 0 unspecified atom stereocenters. The number of carbonyl (C=O) groups is 2. The fourth-order valence-electron chi connectivity index (χ4n) is 2.39. The summed E-state index contributed by atoms with van der Waals surface area (Å²) in [6.07, 6.45) is 5.38. The van der Waals surface area contributed by atoms with Gasteiger partial charge in [-0.25, -0.2) is 14.8 Å². The molecule has 1 saturated heterocycles. The summed E-state index contributed by atoms with van der Waals surface area (Å²) in [6, 6.07) is 1.39. The lowest BCUT2D eigenvalue weighted by molar-refractivity contribution is -0.120. The number of primary amides is 1. The van der Waals surface area contributed by atoms with Crippen LogP contribution in [0.3, 0.4) is 0 Å². The normalized spacial score (nSPS) is 14.4. The van der Waals surface area contributed by atoms with Crippen molar-refractivity contribution in [2.24, 2.45) is 5.73 Å². The summed E-state index contributed by atoms with van der Waals surface area (Å²) in [7, 11) is 0. The second-order valence-electron chi connectivity index (χ2n) is 7.04. The molecule has 1 aliphatic heterocycles. The van der Waals surface area contributed by atoms with Gasteiger partial charge >= 0.3 is 6.09 Å². The van der Waals surface area contributed by atoms with Crippen LogP contribution in [0.25, 0.3) is 0 Å². The number of anilines is 1. The van der Waals surface area contributed by atoms with E-state index in [2.05, 4.69) is 26.3 Å². The van der Waals surface area contributed by atoms with Crippen molar-refractivity contribution in [3.8, 4) is 6.07 Å². The van der Waals surface area contributed by atoms with Crippen molar-refractivity contribution in [2.75, 3.05) is 18.0 Å². The SMILES string of the molecule is CC[C@H](NC(=O)OC(C)(C)C)C(N)=O.N#Cc1nccnc1N1CCCC1. The van der Waals surface area contributed by atoms with Crippen LogP contribution in [0.15, 0.2) is 12.4 Å². The van der Waals surface area contributed by atoms with Crippen molar-refractivity contribution in [1.29, 1.82) is 5.26 Å². The minimum absolute atomic E-state index is 0.435. The van der Waals surface area contributed by atoms with E-state index in [1.165, 1.54) is 12.8 Å². The van der Waals surface area contributed by atoms with Crippen LogP contribution in [0.1, 0.15) is 52.7 Å². The van der Waals surface area contributed by atoms with E-state index in [9.17, 15) is 9.59 Å². The summed E-state index contributed by atoms with van der Waals surface area (Å²) >= 11 is 0. The number of nitrogens with zero attached hydrogens (tertiary/aromatic N) is 4. The van der Waals surface area contributed by atoms with Crippen LogP contribution in [0.4, 0.5) is 10.6 Å². The molecule has 2 rings (SSSR count). The van der Waals surface area contributed by atoms with Crippen LogP contribution in [0.2, 0.25) is 0 Å². The number of amides is 2. The lowest BCUT2D eigenvalue weighted by atomic mass is 10.2. The molecule has 9 nitrogen and oxygen atoms in total. The van der Waals surface area contributed by atoms with Crippen LogP contribution in [-0.2, 0) is 9.53 Å². The molecule has 2 heterocycles. The van der Waals surface area contributed by atoms with Crippen molar-refractivity contribution in [1.82, 2.24) is 15.3 Å². The van der Waals surface area contributed by atoms with Crippen LogP contribution in [0.5, 0.6) is 0 Å². The molecule has 0 bridgehead atoms. The first-order valence-corrected chi connectivity index (χ1v) is 8.92. The molecule has 1 aromatic heterocycles. The molecule has 1 fully saturated rings. The van der Waals surface area contributed by atoms with Gasteiger partial charge in [-0.2, -0.15) is 5.26 Å². The van der Waals surface area contributed by atoms with Gasteiger partial charge in [0.25, 0.3) is 0 Å². The number of rotatable bonds is 4. The number of carbonyl (C=O) groups excluding carboxylic acids is 2. The number of aromatic nitrogens is 2. The molecule has 0 spiro atoms. The molecule has 1 atom stereocenters. The Morgan fingerprint density at radius 3 is 2.41 bits per heavy atom. The zero-order chi connectivity index (χ0) is 20.4. The molecule has 3 N–H and O–H groups in total. The summed E-state index contributed by atoms with van der Waals surface area (Å²) in [4.78, 5) is 32.2. The average Bonchev–Trinajstić information content (AvgIpc) is 3.13. The Hall–Kier alpha value is -2.89. The minimum atomic E-state index is -0.662. The summed E-state index contributed by atoms with van der Waals surface area (Å²) in [5.41, 5.74) is 4.92. The third kappa shape index (κ3) is 7.90. The van der Waals surface area contributed by atoms with Crippen molar-refractivity contribution < 1.29 is 14.3 Å². The number of ether oxygens (including phenoxy) is 1. The van der Waals surface area contributed by atoms with Crippen LogP contribution in [0, 0.1) is 11.3 Å². The highest BCUT2D eigenvalue weighted by Crippen LogP contribution is 2.19. The van der Waals surface area contributed by atoms with E-state index in [4.69, 9.17) is 15.7 Å². The predicted molar refractivity (Wildman–Crippen MR) is 101 cm³/mol. The Balaban J connectivity index is 0.000000270. The smallest absolute Gasteiger partial charge is 0.408 e. The number of nitriles is 1. The summed E-state index contributed by atoms with van der Waals surface area (Å²) in [5, 5.41) is 11.2. The highest BCUT2D eigenvalue weighted by molar-refractivity contribution is 5.84. The van der Waals surface area contributed by atoms with Gasteiger partial charge in [0.15, 0.2) is 11.5 Å². The Labute approximate surface area is 159 Å². The highest BCUT2D eigenvalue weighted by Gasteiger charge is 2.21. The van der Waals surface area contributed by atoms with Gasteiger partial charge in [-0.3, -0.25) is 4.79 Å². The first kappa shape index (κ1) is 22.2. The zero-order valence-corrected chi connectivity index (χ0v) is 16.4. The lowest BCUT2D eigenvalue weighted by Crippen LogP contribution is -2.45. The van der Waals surface area contributed by atoms with Gasteiger partial charge in [0.2, 0.25) is 5.91 Å². The quantitative estimate of drug-likeness (QED) is 0.817. The Bertz CT molecular complexity index is 674. The number of hydrogen-bond donors (Lipinski definition) is 2. The topological polar surface area (TPSA) is 134 Å².